The van der Waals surface area contributed by atoms with Gasteiger partial charge in [0.05, 0.1) is 27.2 Å². The number of quaternary nitrogens is 1. The zero-order chi connectivity index (χ0) is 8.74. The van der Waals surface area contributed by atoms with Gasteiger partial charge >= 0.3 is 0 Å². The molecule has 0 saturated heterocycles. The first-order valence-electron chi connectivity index (χ1n) is 4.43. The number of likely N-dealkylation sites (N-methyl/N-ethyl adjacent to an activating group) is 1. The third kappa shape index (κ3) is 6.32. The quantitative estimate of drug-likeness (QED) is 0.535. The number of ether oxygens (including phenoxy) is 1. The zero-order valence-electron chi connectivity index (χ0n) is 8.39. The minimum Gasteiger partial charge on any atom is -0.379 e. The highest BCUT2D eigenvalue weighted by Gasteiger charge is 2.12. The Bertz CT molecular complexity index is 81.6. The predicted molar refractivity (Wildman–Crippen MR) is 48.6 cm³/mol. The van der Waals surface area contributed by atoms with Gasteiger partial charge in [0.2, 0.25) is 0 Å². The highest BCUT2D eigenvalue weighted by Crippen LogP contribution is 2.00. The molecule has 0 aromatic rings. The van der Waals surface area contributed by atoms with Crippen molar-refractivity contribution in [1.82, 2.24) is 0 Å². The van der Waals surface area contributed by atoms with Gasteiger partial charge in [-0.25, -0.2) is 0 Å². The lowest BCUT2D eigenvalue weighted by Crippen LogP contribution is -2.42. The maximum atomic E-state index is 5.04. The van der Waals surface area contributed by atoms with E-state index in [1.54, 1.807) is 7.11 Å². The van der Waals surface area contributed by atoms with Gasteiger partial charge in [-0.3, -0.25) is 0 Å². The molecule has 0 atom stereocenters. The highest BCUT2D eigenvalue weighted by atomic mass is 16.5. The van der Waals surface area contributed by atoms with Crippen molar-refractivity contribution >= 4 is 0 Å². The standard InChI is InChI=1S/C9H22NO/c1-5-6-7-10(2,3)8-9-11-4/h5-9H2,1-4H3/q+1. The molecule has 0 unspecified atom stereocenters. The first-order valence-corrected chi connectivity index (χ1v) is 4.43. The largest absolute Gasteiger partial charge is 0.379 e. The second kappa shape index (κ2) is 5.56. The van der Waals surface area contributed by atoms with E-state index < -0.39 is 0 Å². The number of nitrogens with zero attached hydrogens (tertiary/aromatic N) is 1. The molecule has 0 bridgehead atoms. The number of hydrogen-bond donors (Lipinski definition) is 0. The Hall–Kier alpha value is -0.0800. The van der Waals surface area contributed by atoms with Crippen molar-refractivity contribution < 1.29 is 9.22 Å². The lowest BCUT2D eigenvalue weighted by molar-refractivity contribution is -0.890. The molecule has 0 heterocycles. The average molecular weight is 160 g/mol. The van der Waals surface area contributed by atoms with Crippen LogP contribution in [-0.2, 0) is 4.74 Å². The molecule has 68 valence electrons. The van der Waals surface area contributed by atoms with Gasteiger partial charge in [0.25, 0.3) is 0 Å². The summed E-state index contributed by atoms with van der Waals surface area (Å²) in [5.41, 5.74) is 0. The summed E-state index contributed by atoms with van der Waals surface area (Å²) in [5.74, 6) is 0. The van der Waals surface area contributed by atoms with Gasteiger partial charge in [0, 0.05) is 7.11 Å². The minimum absolute atomic E-state index is 0.872. The van der Waals surface area contributed by atoms with Gasteiger partial charge in [-0.2, -0.15) is 0 Å². The maximum Gasteiger partial charge on any atom is 0.102 e. The molecule has 0 aliphatic heterocycles. The summed E-state index contributed by atoms with van der Waals surface area (Å²) in [6.07, 6.45) is 2.60. The smallest absolute Gasteiger partial charge is 0.102 e. The van der Waals surface area contributed by atoms with Crippen molar-refractivity contribution in [1.29, 1.82) is 0 Å². The Kier molecular flexibility index (Phi) is 5.51. The molecule has 0 amide bonds. The van der Waals surface area contributed by atoms with Crippen LogP contribution in [-0.4, -0.2) is 45.4 Å². The molecule has 0 spiro atoms. The molecular formula is C9H22NO+. The minimum atomic E-state index is 0.872. The maximum absolute atomic E-state index is 5.04. The van der Waals surface area contributed by atoms with E-state index in [4.69, 9.17) is 4.74 Å². The van der Waals surface area contributed by atoms with E-state index in [-0.39, 0.29) is 0 Å². The molecule has 0 radical (unpaired) electrons. The van der Waals surface area contributed by atoms with Gasteiger partial charge in [-0.1, -0.05) is 13.3 Å². The normalized spacial score (nSPS) is 12.0. The van der Waals surface area contributed by atoms with Crippen molar-refractivity contribution in [3.05, 3.63) is 0 Å². The molecule has 0 N–H and O–H groups in total. The van der Waals surface area contributed by atoms with Gasteiger partial charge in [-0.05, 0) is 6.42 Å². The van der Waals surface area contributed by atoms with Crippen LogP contribution in [0.4, 0.5) is 0 Å². The average Bonchev–Trinajstić information content (AvgIpc) is 1.97. The van der Waals surface area contributed by atoms with Crippen LogP contribution in [0.1, 0.15) is 19.8 Å². The summed E-state index contributed by atoms with van der Waals surface area (Å²) < 4.78 is 6.13. The molecule has 0 rings (SSSR count). The molecule has 2 nitrogen and oxygen atoms in total. The first kappa shape index (κ1) is 10.9. The summed E-state index contributed by atoms with van der Waals surface area (Å²) in [7, 11) is 6.28. The van der Waals surface area contributed by atoms with Crippen LogP contribution in [0.25, 0.3) is 0 Å². The number of methoxy groups -OCH3 is 1. The van der Waals surface area contributed by atoms with Gasteiger partial charge in [-0.15, -0.1) is 0 Å². The van der Waals surface area contributed by atoms with E-state index in [9.17, 15) is 0 Å². The topological polar surface area (TPSA) is 9.23 Å². The van der Waals surface area contributed by atoms with Crippen molar-refractivity contribution in [3.8, 4) is 0 Å². The molecule has 0 saturated carbocycles. The van der Waals surface area contributed by atoms with Crippen LogP contribution in [0.5, 0.6) is 0 Å². The fourth-order valence-electron chi connectivity index (χ4n) is 1.04. The van der Waals surface area contributed by atoms with Crippen molar-refractivity contribution in [3.63, 3.8) is 0 Å². The summed E-state index contributed by atoms with van der Waals surface area (Å²) in [5, 5.41) is 0. The Balaban J connectivity index is 3.43. The third-order valence-corrected chi connectivity index (χ3v) is 2.02. The summed E-state index contributed by atoms with van der Waals surface area (Å²) in [6.45, 7) is 5.49. The summed E-state index contributed by atoms with van der Waals surface area (Å²) >= 11 is 0. The van der Waals surface area contributed by atoms with Crippen LogP contribution in [0.3, 0.4) is 0 Å². The van der Waals surface area contributed by atoms with Crippen molar-refractivity contribution in [2.45, 2.75) is 19.8 Å². The number of hydrogen-bond acceptors (Lipinski definition) is 1. The van der Waals surface area contributed by atoms with E-state index in [0.29, 0.717) is 0 Å². The van der Waals surface area contributed by atoms with Gasteiger partial charge in [0.1, 0.15) is 6.54 Å². The summed E-state index contributed by atoms with van der Waals surface area (Å²) in [4.78, 5) is 0. The SMILES string of the molecule is CCCC[N+](C)(C)CCOC. The monoisotopic (exact) mass is 160 g/mol. The fourth-order valence-corrected chi connectivity index (χ4v) is 1.04. The molecule has 0 aliphatic rings. The van der Waals surface area contributed by atoms with E-state index in [0.717, 1.165) is 17.6 Å². The Morgan fingerprint density at radius 2 is 1.82 bits per heavy atom. The predicted octanol–water partition coefficient (Wildman–Crippen LogP) is 1.51. The van der Waals surface area contributed by atoms with Crippen LogP contribution in [0.15, 0.2) is 0 Å². The van der Waals surface area contributed by atoms with Gasteiger partial charge in [0.15, 0.2) is 0 Å². The lowest BCUT2D eigenvalue weighted by Gasteiger charge is -2.29. The van der Waals surface area contributed by atoms with E-state index >= 15 is 0 Å². The van der Waals surface area contributed by atoms with Crippen LogP contribution in [0, 0.1) is 0 Å². The van der Waals surface area contributed by atoms with Gasteiger partial charge < -0.3 is 9.22 Å². The Morgan fingerprint density at radius 3 is 2.27 bits per heavy atom. The molecule has 0 aliphatic carbocycles. The number of rotatable bonds is 6. The molecule has 11 heavy (non-hydrogen) atoms. The van der Waals surface area contributed by atoms with E-state index in [1.165, 1.54) is 19.4 Å². The van der Waals surface area contributed by atoms with Crippen LogP contribution >= 0.6 is 0 Å². The molecule has 0 aromatic carbocycles. The third-order valence-electron chi connectivity index (χ3n) is 2.02. The molecule has 0 aromatic heterocycles. The highest BCUT2D eigenvalue weighted by molar-refractivity contribution is 4.35. The van der Waals surface area contributed by atoms with E-state index in [1.807, 2.05) is 0 Å². The Labute approximate surface area is 70.7 Å². The van der Waals surface area contributed by atoms with E-state index in [2.05, 4.69) is 21.0 Å². The molecule has 2 heteroatoms. The van der Waals surface area contributed by atoms with Crippen LogP contribution in [0.2, 0.25) is 0 Å². The van der Waals surface area contributed by atoms with Crippen molar-refractivity contribution in [2.75, 3.05) is 40.9 Å². The fraction of sp³-hybridized carbons (Fsp3) is 1.00. The second-order valence-corrected chi connectivity index (χ2v) is 3.73. The molecule has 0 fully saturated rings. The summed E-state index contributed by atoms with van der Waals surface area (Å²) in [6, 6.07) is 0. The van der Waals surface area contributed by atoms with Crippen molar-refractivity contribution in [2.24, 2.45) is 0 Å². The first-order chi connectivity index (χ1) is 5.12. The Morgan fingerprint density at radius 1 is 1.18 bits per heavy atom. The number of unbranched alkanes of at least 4 members (excludes halogenated alkanes) is 1. The van der Waals surface area contributed by atoms with Crippen LogP contribution < -0.4 is 0 Å². The lowest BCUT2D eigenvalue weighted by atomic mass is 10.3. The zero-order valence-corrected chi connectivity index (χ0v) is 8.39. The molecular weight excluding hydrogens is 138 g/mol. The second-order valence-electron chi connectivity index (χ2n) is 3.73.